The number of allylic oxidation sites excluding steroid dienone is 1. The van der Waals surface area contributed by atoms with Gasteiger partial charge in [0.15, 0.2) is 0 Å². The van der Waals surface area contributed by atoms with Crippen LogP contribution in [0.5, 0.6) is 5.75 Å². The van der Waals surface area contributed by atoms with E-state index in [9.17, 15) is 9.90 Å². The Balaban J connectivity index is 1.67. The van der Waals surface area contributed by atoms with Crippen LogP contribution in [-0.4, -0.2) is 18.1 Å². The minimum atomic E-state index is 0.0374. The predicted molar refractivity (Wildman–Crippen MR) is 90.3 cm³/mol. The van der Waals surface area contributed by atoms with Crippen LogP contribution in [0, 0.1) is 17.3 Å². The summed E-state index contributed by atoms with van der Waals surface area (Å²) >= 11 is 0. The van der Waals surface area contributed by atoms with Gasteiger partial charge in [0, 0.05) is 18.0 Å². The van der Waals surface area contributed by atoms with Gasteiger partial charge in [-0.2, -0.15) is 0 Å². The molecule has 1 saturated carbocycles. The fourth-order valence-corrected chi connectivity index (χ4v) is 5.62. The summed E-state index contributed by atoms with van der Waals surface area (Å²) in [7, 11) is 1.73. The average Bonchev–Trinajstić information content (AvgIpc) is 2.90. The van der Waals surface area contributed by atoms with Crippen molar-refractivity contribution in [2.75, 3.05) is 7.05 Å². The second-order valence-electron chi connectivity index (χ2n) is 7.69. The van der Waals surface area contributed by atoms with E-state index in [0.717, 1.165) is 31.3 Å². The SMILES string of the molecule is CNC(=O)C1=CCC2C3CCc4cc(O)ccc4C3CCC12C. The molecule has 3 aliphatic carbocycles. The Kier molecular flexibility index (Phi) is 3.29. The third-order valence-corrected chi connectivity index (χ3v) is 6.76. The Morgan fingerprint density at radius 2 is 2.17 bits per heavy atom. The number of aromatic hydroxyl groups is 1. The van der Waals surface area contributed by atoms with Crippen LogP contribution >= 0.6 is 0 Å². The van der Waals surface area contributed by atoms with Crippen molar-refractivity contribution in [3.05, 3.63) is 41.0 Å². The first kappa shape index (κ1) is 14.8. The molecule has 2 N–H and O–H groups in total. The topological polar surface area (TPSA) is 49.3 Å². The molecule has 0 radical (unpaired) electrons. The molecule has 4 rings (SSSR count). The van der Waals surface area contributed by atoms with E-state index in [1.807, 2.05) is 12.1 Å². The summed E-state index contributed by atoms with van der Waals surface area (Å²) in [6.07, 6.45) is 7.68. The molecule has 4 unspecified atom stereocenters. The van der Waals surface area contributed by atoms with Crippen LogP contribution in [0.15, 0.2) is 29.8 Å². The quantitative estimate of drug-likeness (QED) is 0.833. The fourth-order valence-electron chi connectivity index (χ4n) is 5.62. The van der Waals surface area contributed by atoms with Crippen LogP contribution in [0.1, 0.15) is 49.7 Å². The first-order valence-corrected chi connectivity index (χ1v) is 8.79. The number of fused-ring (bicyclic) bond motifs is 5. The molecule has 0 aliphatic heterocycles. The number of likely N-dealkylation sites (N-methyl/N-ethyl adjacent to an activating group) is 1. The van der Waals surface area contributed by atoms with Crippen LogP contribution in [0.3, 0.4) is 0 Å². The maximum Gasteiger partial charge on any atom is 0.247 e. The molecule has 1 fully saturated rings. The highest BCUT2D eigenvalue weighted by Gasteiger charge is 2.53. The van der Waals surface area contributed by atoms with E-state index < -0.39 is 0 Å². The number of rotatable bonds is 1. The number of carbonyl (C=O) groups is 1. The van der Waals surface area contributed by atoms with E-state index >= 15 is 0 Å². The highest BCUT2D eigenvalue weighted by Crippen LogP contribution is 2.61. The molecule has 0 bridgehead atoms. The largest absolute Gasteiger partial charge is 0.508 e. The first-order chi connectivity index (χ1) is 11.0. The standard InChI is InChI=1S/C20H25NO2/c1-20-10-9-15-14-6-4-13(22)11-12(14)3-5-16(15)17(20)7-8-18(20)19(23)21-2/h4,6,8,11,15-17,22H,3,5,7,9-10H2,1-2H3,(H,21,23). The van der Waals surface area contributed by atoms with Gasteiger partial charge < -0.3 is 10.4 Å². The second-order valence-corrected chi connectivity index (χ2v) is 7.69. The summed E-state index contributed by atoms with van der Waals surface area (Å²) in [4.78, 5) is 12.3. The van der Waals surface area contributed by atoms with Crippen molar-refractivity contribution in [3.8, 4) is 5.75 Å². The molecule has 3 nitrogen and oxygen atoms in total. The molecule has 1 aromatic carbocycles. The summed E-state index contributed by atoms with van der Waals surface area (Å²) in [5.41, 5.74) is 3.82. The summed E-state index contributed by atoms with van der Waals surface area (Å²) in [6, 6.07) is 5.91. The third-order valence-electron chi connectivity index (χ3n) is 6.76. The normalized spacial score (nSPS) is 34.9. The second kappa shape index (κ2) is 5.12. The Labute approximate surface area is 137 Å². The van der Waals surface area contributed by atoms with Gasteiger partial charge in [-0.3, -0.25) is 4.79 Å². The predicted octanol–water partition coefficient (Wildman–Crippen LogP) is 3.53. The molecular formula is C20H25NO2. The molecule has 0 spiro atoms. The molecule has 1 aromatic rings. The zero-order valence-electron chi connectivity index (χ0n) is 13.9. The summed E-state index contributed by atoms with van der Waals surface area (Å²) in [6.45, 7) is 2.30. The van der Waals surface area contributed by atoms with Crippen LogP contribution < -0.4 is 5.32 Å². The molecule has 3 aliphatic rings. The van der Waals surface area contributed by atoms with Crippen LogP contribution in [0.2, 0.25) is 0 Å². The van der Waals surface area contributed by atoms with E-state index in [4.69, 9.17) is 0 Å². The van der Waals surface area contributed by atoms with E-state index in [2.05, 4.69) is 24.4 Å². The molecule has 3 heteroatoms. The lowest BCUT2D eigenvalue weighted by Gasteiger charge is -2.50. The Morgan fingerprint density at radius 1 is 1.35 bits per heavy atom. The van der Waals surface area contributed by atoms with Crippen LogP contribution in [0.25, 0.3) is 0 Å². The van der Waals surface area contributed by atoms with Crippen molar-refractivity contribution >= 4 is 5.91 Å². The van der Waals surface area contributed by atoms with Crippen molar-refractivity contribution < 1.29 is 9.90 Å². The Hall–Kier alpha value is -1.77. The number of hydrogen-bond donors (Lipinski definition) is 2. The van der Waals surface area contributed by atoms with Gasteiger partial charge in [0.1, 0.15) is 5.75 Å². The van der Waals surface area contributed by atoms with Crippen LogP contribution in [-0.2, 0) is 11.2 Å². The van der Waals surface area contributed by atoms with Gasteiger partial charge in [-0.1, -0.05) is 19.1 Å². The van der Waals surface area contributed by atoms with Crippen molar-refractivity contribution in [3.63, 3.8) is 0 Å². The van der Waals surface area contributed by atoms with E-state index in [-0.39, 0.29) is 11.3 Å². The number of phenolic OH excluding ortho intramolecular Hbond substituents is 1. The number of nitrogens with one attached hydrogen (secondary N) is 1. The molecule has 4 atom stereocenters. The molecule has 0 aromatic heterocycles. The zero-order valence-corrected chi connectivity index (χ0v) is 13.9. The minimum absolute atomic E-state index is 0.0374. The van der Waals surface area contributed by atoms with Gasteiger partial charge in [-0.15, -0.1) is 0 Å². The maximum absolute atomic E-state index is 12.3. The molecule has 0 heterocycles. The van der Waals surface area contributed by atoms with Crippen molar-refractivity contribution in [2.45, 2.75) is 44.9 Å². The van der Waals surface area contributed by atoms with Crippen LogP contribution in [0.4, 0.5) is 0 Å². The molecular weight excluding hydrogens is 286 g/mol. The zero-order chi connectivity index (χ0) is 16.2. The molecule has 23 heavy (non-hydrogen) atoms. The lowest BCUT2D eigenvalue weighted by atomic mass is 9.54. The van der Waals surface area contributed by atoms with E-state index in [1.165, 1.54) is 17.5 Å². The monoisotopic (exact) mass is 311 g/mol. The first-order valence-electron chi connectivity index (χ1n) is 8.79. The molecule has 122 valence electrons. The maximum atomic E-state index is 12.3. The number of benzene rings is 1. The number of hydrogen-bond acceptors (Lipinski definition) is 2. The minimum Gasteiger partial charge on any atom is -0.508 e. The highest BCUT2D eigenvalue weighted by molar-refractivity contribution is 5.95. The van der Waals surface area contributed by atoms with Crippen molar-refractivity contribution in [2.24, 2.45) is 17.3 Å². The van der Waals surface area contributed by atoms with Crippen molar-refractivity contribution in [1.29, 1.82) is 0 Å². The molecule has 0 saturated heterocycles. The summed E-state index contributed by atoms with van der Waals surface area (Å²) in [5, 5.41) is 12.6. The van der Waals surface area contributed by atoms with E-state index in [1.54, 1.807) is 7.05 Å². The number of carbonyl (C=O) groups excluding carboxylic acids is 1. The Bertz CT molecular complexity index is 693. The lowest BCUT2D eigenvalue weighted by Crippen LogP contribution is -2.43. The van der Waals surface area contributed by atoms with Gasteiger partial charge in [0.05, 0.1) is 0 Å². The number of amides is 1. The summed E-state index contributed by atoms with van der Waals surface area (Å²) in [5.74, 6) is 2.32. The van der Waals surface area contributed by atoms with Gasteiger partial charge >= 0.3 is 0 Å². The molecule has 1 amide bonds. The highest BCUT2D eigenvalue weighted by atomic mass is 16.3. The third kappa shape index (κ3) is 2.05. The van der Waals surface area contributed by atoms with Gasteiger partial charge in [-0.25, -0.2) is 0 Å². The fraction of sp³-hybridized carbons (Fsp3) is 0.550. The number of aryl methyl sites for hydroxylation is 1. The smallest absolute Gasteiger partial charge is 0.247 e. The average molecular weight is 311 g/mol. The van der Waals surface area contributed by atoms with Gasteiger partial charge in [0.25, 0.3) is 0 Å². The number of phenols is 1. The van der Waals surface area contributed by atoms with Crippen molar-refractivity contribution in [1.82, 2.24) is 5.32 Å². The van der Waals surface area contributed by atoms with Gasteiger partial charge in [0.2, 0.25) is 5.91 Å². The van der Waals surface area contributed by atoms with Gasteiger partial charge in [-0.05, 0) is 73.1 Å². The summed E-state index contributed by atoms with van der Waals surface area (Å²) < 4.78 is 0. The Morgan fingerprint density at radius 3 is 2.96 bits per heavy atom. The van der Waals surface area contributed by atoms with E-state index in [0.29, 0.717) is 23.5 Å². The lowest BCUT2D eigenvalue weighted by molar-refractivity contribution is -0.118.